The summed E-state index contributed by atoms with van der Waals surface area (Å²) in [5.41, 5.74) is 0.394. The summed E-state index contributed by atoms with van der Waals surface area (Å²) < 4.78 is 51.7. The van der Waals surface area contributed by atoms with Gasteiger partial charge in [0.05, 0.1) is 18.8 Å². The van der Waals surface area contributed by atoms with Crippen molar-refractivity contribution in [3.05, 3.63) is 29.0 Å². The largest absolute Gasteiger partial charge is 0.323 e. The van der Waals surface area contributed by atoms with E-state index in [4.69, 9.17) is 11.6 Å². The van der Waals surface area contributed by atoms with Crippen LogP contribution in [0.3, 0.4) is 0 Å². The number of halogens is 5. The van der Waals surface area contributed by atoms with Gasteiger partial charge in [0.2, 0.25) is 0 Å². The molecule has 7 heteroatoms. The smallest absolute Gasteiger partial charge is 0.285 e. The lowest BCUT2D eigenvalue weighted by Crippen LogP contribution is -2.38. The number of nitrogens with zero attached hydrogens (tertiary/aromatic N) is 2. The number of hydrogen-bond acceptors (Lipinski definition) is 2. The van der Waals surface area contributed by atoms with Crippen LogP contribution in [-0.4, -0.2) is 34.8 Å². The Morgan fingerprint density at radius 1 is 1.18 bits per heavy atom. The maximum absolute atomic E-state index is 12.9. The predicted octanol–water partition coefficient (Wildman–Crippen LogP) is 2.82. The highest BCUT2D eigenvalue weighted by molar-refractivity contribution is 6.29. The van der Waals surface area contributed by atoms with E-state index in [1.54, 1.807) is 12.1 Å². The molecule has 2 rings (SSSR count). The zero-order valence-electron chi connectivity index (χ0n) is 8.64. The van der Waals surface area contributed by atoms with Crippen LogP contribution in [0.2, 0.25) is 5.15 Å². The molecule has 0 spiro atoms. The molecule has 0 radical (unpaired) electrons. The highest BCUT2D eigenvalue weighted by atomic mass is 35.5. The monoisotopic (exact) mass is 268 g/mol. The molecular formula is C10H9ClF4N2. The molecule has 1 fully saturated rings. The number of rotatable bonds is 2. The summed E-state index contributed by atoms with van der Waals surface area (Å²) >= 11 is 5.62. The zero-order valence-corrected chi connectivity index (χ0v) is 9.39. The Hall–Kier alpha value is -0.880. The van der Waals surface area contributed by atoms with Crippen LogP contribution in [0, 0.1) is 0 Å². The first-order chi connectivity index (χ1) is 7.80. The Kier molecular flexibility index (Phi) is 3.03. The molecule has 0 bridgehead atoms. The van der Waals surface area contributed by atoms with E-state index in [9.17, 15) is 17.6 Å². The second kappa shape index (κ2) is 4.10. The molecule has 1 aromatic heterocycles. The van der Waals surface area contributed by atoms with Crippen LogP contribution in [0.4, 0.5) is 17.6 Å². The summed E-state index contributed by atoms with van der Waals surface area (Å²) in [6.07, 6.45) is 0. The van der Waals surface area contributed by atoms with Crippen LogP contribution >= 0.6 is 11.6 Å². The first-order valence-electron chi connectivity index (χ1n) is 4.90. The molecule has 0 saturated carbocycles. The molecule has 2 heterocycles. The van der Waals surface area contributed by atoms with Gasteiger partial charge in [-0.1, -0.05) is 17.7 Å². The Balaban J connectivity index is 2.08. The lowest BCUT2D eigenvalue weighted by atomic mass is 10.2. The summed E-state index contributed by atoms with van der Waals surface area (Å²) in [5.74, 6) is -7.96. The van der Waals surface area contributed by atoms with E-state index in [2.05, 4.69) is 4.98 Å². The number of alkyl halides is 4. The van der Waals surface area contributed by atoms with Crippen LogP contribution in [0.5, 0.6) is 0 Å². The molecule has 0 unspecified atom stereocenters. The van der Waals surface area contributed by atoms with Gasteiger partial charge in [0, 0.05) is 6.54 Å². The van der Waals surface area contributed by atoms with E-state index < -0.39 is 24.9 Å². The van der Waals surface area contributed by atoms with Gasteiger partial charge >= 0.3 is 11.8 Å². The van der Waals surface area contributed by atoms with E-state index in [0.29, 0.717) is 5.69 Å². The Morgan fingerprint density at radius 2 is 1.76 bits per heavy atom. The summed E-state index contributed by atoms with van der Waals surface area (Å²) in [6, 6.07) is 4.68. The van der Waals surface area contributed by atoms with Crippen molar-refractivity contribution in [1.29, 1.82) is 0 Å². The quantitative estimate of drug-likeness (QED) is 0.606. The molecule has 17 heavy (non-hydrogen) atoms. The first-order valence-corrected chi connectivity index (χ1v) is 5.27. The summed E-state index contributed by atoms with van der Waals surface area (Å²) in [7, 11) is 0. The molecule has 0 amide bonds. The van der Waals surface area contributed by atoms with Gasteiger partial charge in [0.1, 0.15) is 5.15 Å². The van der Waals surface area contributed by atoms with Gasteiger partial charge < -0.3 is 0 Å². The van der Waals surface area contributed by atoms with Gasteiger partial charge in [-0.15, -0.1) is 0 Å². The van der Waals surface area contributed by atoms with Crippen LogP contribution < -0.4 is 0 Å². The molecule has 1 aliphatic heterocycles. The molecule has 0 atom stereocenters. The van der Waals surface area contributed by atoms with Gasteiger partial charge in [-0.25, -0.2) is 4.98 Å². The molecule has 94 valence electrons. The van der Waals surface area contributed by atoms with Crippen LogP contribution in [0.1, 0.15) is 5.69 Å². The van der Waals surface area contributed by atoms with Gasteiger partial charge in [0.25, 0.3) is 0 Å². The maximum Gasteiger partial charge on any atom is 0.323 e. The fraction of sp³-hybridized carbons (Fsp3) is 0.500. The fourth-order valence-corrected chi connectivity index (χ4v) is 1.91. The zero-order chi connectivity index (χ0) is 12.7. The van der Waals surface area contributed by atoms with Gasteiger partial charge in [0.15, 0.2) is 0 Å². The topological polar surface area (TPSA) is 16.1 Å². The SMILES string of the molecule is FC1(F)CN(Cc2cccc(Cl)n2)CC1(F)F. The standard InChI is InChI=1S/C10H9ClF4N2/c11-8-3-1-2-7(16-8)4-17-5-9(12,13)10(14,15)6-17/h1-3H,4-6H2. The third-order valence-electron chi connectivity index (χ3n) is 2.54. The summed E-state index contributed by atoms with van der Waals surface area (Å²) in [5, 5.41) is 0.209. The maximum atomic E-state index is 12.9. The van der Waals surface area contributed by atoms with Crippen molar-refractivity contribution in [1.82, 2.24) is 9.88 Å². The highest BCUT2D eigenvalue weighted by Crippen LogP contribution is 2.41. The van der Waals surface area contributed by atoms with E-state index in [-0.39, 0.29) is 11.7 Å². The minimum atomic E-state index is -3.98. The van der Waals surface area contributed by atoms with Crippen molar-refractivity contribution < 1.29 is 17.6 Å². The van der Waals surface area contributed by atoms with E-state index >= 15 is 0 Å². The molecule has 1 aliphatic rings. The minimum Gasteiger partial charge on any atom is -0.285 e. The average Bonchev–Trinajstić information content (AvgIpc) is 2.34. The molecule has 1 saturated heterocycles. The Morgan fingerprint density at radius 3 is 2.29 bits per heavy atom. The molecule has 2 nitrogen and oxygen atoms in total. The molecule has 0 aliphatic carbocycles. The lowest BCUT2D eigenvalue weighted by molar-refractivity contribution is -0.172. The van der Waals surface area contributed by atoms with Crippen molar-refractivity contribution >= 4 is 11.6 Å². The van der Waals surface area contributed by atoms with E-state index in [1.165, 1.54) is 6.07 Å². The van der Waals surface area contributed by atoms with Crippen molar-refractivity contribution in [2.75, 3.05) is 13.1 Å². The third kappa shape index (κ3) is 2.52. The normalized spacial score (nSPS) is 22.9. The van der Waals surface area contributed by atoms with E-state index in [0.717, 1.165) is 4.90 Å². The molecule has 1 aromatic rings. The Labute approximate surface area is 100 Å². The number of pyridine rings is 1. The second-order valence-electron chi connectivity index (χ2n) is 4.01. The third-order valence-corrected chi connectivity index (χ3v) is 2.75. The van der Waals surface area contributed by atoms with Crippen molar-refractivity contribution in [3.8, 4) is 0 Å². The first kappa shape index (κ1) is 12.6. The highest BCUT2D eigenvalue weighted by Gasteiger charge is 2.62. The minimum absolute atomic E-state index is 0.0638. The number of likely N-dealkylation sites (tertiary alicyclic amines) is 1. The van der Waals surface area contributed by atoms with Crippen LogP contribution in [0.25, 0.3) is 0 Å². The van der Waals surface area contributed by atoms with E-state index in [1.807, 2.05) is 0 Å². The molecule has 0 aromatic carbocycles. The van der Waals surface area contributed by atoms with Crippen molar-refractivity contribution in [2.45, 2.75) is 18.4 Å². The number of hydrogen-bond donors (Lipinski definition) is 0. The van der Waals surface area contributed by atoms with Crippen LogP contribution in [-0.2, 0) is 6.54 Å². The molecule has 0 N–H and O–H groups in total. The predicted molar refractivity (Wildman–Crippen MR) is 54.4 cm³/mol. The van der Waals surface area contributed by atoms with Gasteiger partial charge in [-0.3, -0.25) is 4.90 Å². The van der Waals surface area contributed by atoms with Gasteiger partial charge in [-0.05, 0) is 12.1 Å². The second-order valence-corrected chi connectivity index (χ2v) is 4.39. The Bertz CT molecular complexity index is 409. The average molecular weight is 269 g/mol. The summed E-state index contributed by atoms with van der Waals surface area (Å²) in [6.45, 7) is -1.99. The number of aromatic nitrogens is 1. The summed E-state index contributed by atoms with van der Waals surface area (Å²) in [4.78, 5) is 4.84. The fourth-order valence-electron chi connectivity index (χ4n) is 1.73. The lowest BCUT2D eigenvalue weighted by Gasteiger charge is -2.15. The molecular weight excluding hydrogens is 260 g/mol. The van der Waals surface area contributed by atoms with Crippen molar-refractivity contribution in [2.24, 2.45) is 0 Å². The van der Waals surface area contributed by atoms with Crippen LogP contribution in [0.15, 0.2) is 18.2 Å². The van der Waals surface area contributed by atoms with Gasteiger partial charge in [-0.2, -0.15) is 17.6 Å². The van der Waals surface area contributed by atoms with Crippen molar-refractivity contribution in [3.63, 3.8) is 0 Å².